The second kappa shape index (κ2) is 7.93. The van der Waals surface area contributed by atoms with Gasteiger partial charge >= 0.3 is 0 Å². The molecule has 1 aromatic rings. The van der Waals surface area contributed by atoms with Crippen molar-refractivity contribution in [2.75, 3.05) is 26.5 Å². The van der Waals surface area contributed by atoms with Crippen LogP contribution in [0, 0.1) is 11.8 Å². The van der Waals surface area contributed by atoms with E-state index in [1.54, 1.807) is 37.6 Å². The Morgan fingerprint density at radius 2 is 1.05 bits per heavy atom. The summed E-state index contributed by atoms with van der Waals surface area (Å²) >= 11 is 0. The molecule has 126 valence electrons. The Morgan fingerprint density at radius 3 is 1.27 bits per heavy atom. The third-order valence-electron chi connectivity index (χ3n) is 3.10. The lowest BCUT2D eigenvalue weighted by Gasteiger charge is -2.18. The summed E-state index contributed by atoms with van der Waals surface area (Å²) in [7, 11) is -5.66. The van der Waals surface area contributed by atoms with Crippen molar-refractivity contribution < 1.29 is 18.2 Å². The molecule has 6 heteroatoms. The molecule has 2 atom stereocenters. The predicted octanol–water partition coefficient (Wildman–Crippen LogP) is 4.10. The van der Waals surface area contributed by atoms with E-state index in [-0.39, 0.29) is 0 Å². The molecule has 0 radical (unpaired) electrons. The Kier molecular flexibility index (Phi) is 7.08. The highest BCUT2D eigenvalue weighted by Crippen LogP contribution is 2.44. The summed E-state index contributed by atoms with van der Waals surface area (Å²) in [6.07, 6.45) is 0. The monoisotopic (exact) mass is 346 g/mol. The van der Waals surface area contributed by atoms with Crippen LogP contribution in [-0.2, 0) is 18.2 Å². The summed E-state index contributed by atoms with van der Waals surface area (Å²) in [5.41, 5.74) is 0. The zero-order chi connectivity index (χ0) is 17.0. The molecule has 0 aliphatic carbocycles. The molecule has 0 aliphatic heterocycles. The van der Waals surface area contributed by atoms with E-state index in [9.17, 15) is 9.13 Å². The summed E-state index contributed by atoms with van der Waals surface area (Å²) in [5, 5.41) is 1.28. The standard InChI is InChI=1S/C16H28O4P2/c1-13(2)11-19-21(5,17)15-7-9-16(10-8-15)22(6,18)20-12-14(3)4/h7-10,13-14H,11-12H2,1-6H3. The Morgan fingerprint density at radius 1 is 0.773 bits per heavy atom. The van der Waals surface area contributed by atoms with Gasteiger partial charge in [-0.2, -0.15) is 0 Å². The van der Waals surface area contributed by atoms with Gasteiger partial charge in [0.1, 0.15) is 0 Å². The Labute approximate surface area is 134 Å². The third kappa shape index (κ3) is 6.01. The first-order valence-electron chi connectivity index (χ1n) is 7.60. The minimum atomic E-state index is -2.83. The lowest BCUT2D eigenvalue weighted by atomic mass is 10.2. The number of benzene rings is 1. The van der Waals surface area contributed by atoms with Crippen molar-refractivity contribution in [1.82, 2.24) is 0 Å². The van der Waals surface area contributed by atoms with E-state index in [1.807, 2.05) is 27.7 Å². The van der Waals surface area contributed by atoms with Crippen LogP contribution < -0.4 is 10.6 Å². The van der Waals surface area contributed by atoms with Crippen LogP contribution in [0.1, 0.15) is 27.7 Å². The van der Waals surface area contributed by atoms with Crippen molar-refractivity contribution in [3.05, 3.63) is 24.3 Å². The molecule has 0 fully saturated rings. The Hall–Kier alpha value is -0.400. The second-order valence-electron chi connectivity index (χ2n) is 6.59. The van der Waals surface area contributed by atoms with Gasteiger partial charge in [-0.05, 0) is 36.1 Å². The molecule has 1 aromatic carbocycles. The maximum Gasteiger partial charge on any atom is 0.229 e. The normalized spacial score (nSPS) is 17.5. The topological polar surface area (TPSA) is 52.6 Å². The molecule has 0 saturated heterocycles. The van der Waals surface area contributed by atoms with Crippen LogP contribution >= 0.6 is 14.7 Å². The smallest absolute Gasteiger partial charge is 0.229 e. The van der Waals surface area contributed by atoms with Crippen LogP contribution in [0.25, 0.3) is 0 Å². The van der Waals surface area contributed by atoms with Gasteiger partial charge in [0.2, 0.25) is 14.7 Å². The van der Waals surface area contributed by atoms with E-state index < -0.39 is 14.7 Å². The molecule has 0 heterocycles. The average molecular weight is 346 g/mol. The average Bonchev–Trinajstić information content (AvgIpc) is 2.43. The summed E-state index contributed by atoms with van der Waals surface area (Å²) in [6, 6.07) is 6.91. The molecular weight excluding hydrogens is 318 g/mol. The fourth-order valence-electron chi connectivity index (χ4n) is 1.73. The fraction of sp³-hybridized carbons (Fsp3) is 0.625. The molecule has 22 heavy (non-hydrogen) atoms. The molecule has 0 bridgehead atoms. The molecule has 4 nitrogen and oxygen atoms in total. The van der Waals surface area contributed by atoms with Crippen molar-refractivity contribution in [2.45, 2.75) is 27.7 Å². The van der Waals surface area contributed by atoms with Gasteiger partial charge in [0, 0.05) is 23.9 Å². The van der Waals surface area contributed by atoms with Crippen molar-refractivity contribution in [1.29, 1.82) is 0 Å². The SMILES string of the molecule is CC(C)COP(C)(=O)c1ccc(P(C)(=O)OCC(C)C)cc1. The van der Waals surface area contributed by atoms with Gasteiger partial charge < -0.3 is 9.05 Å². The van der Waals surface area contributed by atoms with Crippen molar-refractivity contribution in [3.63, 3.8) is 0 Å². The van der Waals surface area contributed by atoms with E-state index in [0.29, 0.717) is 35.7 Å². The first-order chi connectivity index (χ1) is 10.0. The van der Waals surface area contributed by atoms with Gasteiger partial charge in [-0.3, -0.25) is 9.13 Å². The minimum Gasteiger partial charge on any atom is -0.325 e. The van der Waals surface area contributed by atoms with Gasteiger partial charge in [0.05, 0.1) is 13.2 Å². The van der Waals surface area contributed by atoms with Crippen molar-refractivity contribution >= 4 is 25.3 Å². The van der Waals surface area contributed by atoms with Crippen LogP contribution in [0.3, 0.4) is 0 Å². The van der Waals surface area contributed by atoms with Gasteiger partial charge in [-0.1, -0.05) is 27.7 Å². The molecule has 0 spiro atoms. The first kappa shape index (κ1) is 19.6. The lowest BCUT2D eigenvalue weighted by Crippen LogP contribution is -2.14. The predicted molar refractivity (Wildman–Crippen MR) is 94.4 cm³/mol. The van der Waals surface area contributed by atoms with Crippen LogP contribution in [0.5, 0.6) is 0 Å². The lowest BCUT2D eigenvalue weighted by molar-refractivity contribution is 0.278. The number of rotatable bonds is 8. The highest BCUT2D eigenvalue weighted by molar-refractivity contribution is 7.67. The highest BCUT2D eigenvalue weighted by Gasteiger charge is 2.23. The van der Waals surface area contributed by atoms with Crippen LogP contribution in [0.15, 0.2) is 24.3 Å². The van der Waals surface area contributed by atoms with Crippen LogP contribution in [0.2, 0.25) is 0 Å². The maximum atomic E-state index is 12.6. The number of hydrogen-bond acceptors (Lipinski definition) is 4. The van der Waals surface area contributed by atoms with E-state index in [2.05, 4.69) is 0 Å². The second-order valence-corrected chi connectivity index (χ2v) is 11.5. The molecular formula is C16H28O4P2. The molecule has 0 amide bonds. The van der Waals surface area contributed by atoms with E-state index in [4.69, 9.17) is 9.05 Å². The molecule has 0 aromatic heterocycles. The van der Waals surface area contributed by atoms with Crippen molar-refractivity contribution in [3.8, 4) is 0 Å². The molecule has 1 rings (SSSR count). The summed E-state index contributed by atoms with van der Waals surface area (Å²) in [4.78, 5) is 0. The fourth-order valence-corrected chi connectivity index (χ4v) is 4.57. The summed E-state index contributed by atoms with van der Waals surface area (Å²) in [5.74, 6) is 0.653. The van der Waals surface area contributed by atoms with E-state index in [1.165, 1.54) is 0 Å². The minimum absolute atomic E-state index is 0.327. The highest BCUT2D eigenvalue weighted by atomic mass is 31.2. The van der Waals surface area contributed by atoms with Crippen molar-refractivity contribution in [2.24, 2.45) is 11.8 Å². The van der Waals surface area contributed by atoms with Gasteiger partial charge in [-0.15, -0.1) is 0 Å². The molecule has 0 aliphatic rings. The summed E-state index contributed by atoms with van der Waals surface area (Å²) < 4.78 is 36.2. The third-order valence-corrected chi connectivity index (χ3v) is 6.85. The van der Waals surface area contributed by atoms with Crippen LogP contribution in [0.4, 0.5) is 0 Å². The zero-order valence-corrected chi connectivity index (χ0v) is 16.2. The van der Waals surface area contributed by atoms with E-state index >= 15 is 0 Å². The number of hydrogen-bond donors (Lipinski definition) is 0. The van der Waals surface area contributed by atoms with Gasteiger partial charge in [0.15, 0.2) is 0 Å². The largest absolute Gasteiger partial charge is 0.325 e. The maximum absolute atomic E-state index is 12.6. The molecule has 2 unspecified atom stereocenters. The summed E-state index contributed by atoms with van der Waals surface area (Å²) in [6.45, 7) is 12.2. The Bertz CT molecular complexity index is 513. The molecule has 0 N–H and O–H groups in total. The zero-order valence-electron chi connectivity index (χ0n) is 14.4. The first-order valence-corrected chi connectivity index (χ1v) is 11.7. The van der Waals surface area contributed by atoms with Gasteiger partial charge in [0.25, 0.3) is 0 Å². The van der Waals surface area contributed by atoms with Gasteiger partial charge in [-0.25, -0.2) is 0 Å². The van der Waals surface area contributed by atoms with E-state index in [0.717, 1.165) is 0 Å². The Balaban J connectivity index is 2.86. The quantitative estimate of drug-likeness (QED) is 0.665. The van der Waals surface area contributed by atoms with Crippen LogP contribution in [-0.4, -0.2) is 26.5 Å². The molecule has 0 saturated carbocycles.